The van der Waals surface area contributed by atoms with Crippen molar-refractivity contribution in [2.24, 2.45) is 0 Å². The van der Waals surface area contributed by atoms with E-state index < -0.39 is 17.2 Å². The van der Waals surface area contributed by atoms with Crippen LogP contribution in [-0.2, 0) is 9.59 Å². The standard InChI is InChI=1S/C15H19NO2/c1-11(12-8-6-5-7-9-12)10-13(17)14(18)16-15(2,3)4/h5-10H,1-4H3,(H,16,18)/b11-10+. The van der Waals surface area contributed by atoms with Crippen molar-refractivity contribution in [2.75, 3.05) is 0 Å². The topological polar surface area (TPSA) is 46.2 Å². The van der Waals surface area contributed by atoms with E-state index in [-0.39, 0.29) is 0 Å². The minimum absolute atomic E-state index is 0.402. The van der Waals surface area contributed by atoms with Crippen LogP contribution in [-0.4, -0.2) is 17.2 Å². The number of carbonyl (C=O) groups is 2. The summed E-state index contributed by atoms with van der Waals surface area (Å²) < 4.78 is 0. The Balaban J connectivity index is 2.78. The van der Waals surface area contributed by atoms with Crippen LogP contribution in [0.15, 0.2) is 36.4 Å². The molecule has 18 heavy (non-hydrogen) atoms. The largest absolute Gasteiger partial charge is 0.345 e. The van der Waals surface area contributed by atoms with E-state index in [4.69, 9.17) is 0 Å². The summed E-state index contributed by atoms with van der Waals surface area (Å²) in [6.07, 6.45) is 1.37. The normalized spacial score (nSPS) is 12.1. The van der Waals surface area contributed by atoms with Crippen LogP contribution in [0.5, 0.6) is 0 Å². The van der Waals surface area contributed by atoms with E-state index in [1.807, 2.05) is 58.0 Å². The highest BCUT2D eigenvalue weighted by Gasteiger charge is 2.18. The minimum atomic E-state index is -0.571. The SMILES string of the molecule is C/C(=C\C(=O)C(=O)NC(C)(C)C)c1ccccc1. The number of hydrogen-bond donors (Lipinski definition) is 1. The van der Waals surface area contributed by atoms with Crippen molar-refractivity contribution in [2.45, 2.75) is 33.2 Å². The molecule has 3 heteroatoms. The summed E-state index contributed by atoms with van der Waals surface area (Å²) in [6.45, 7) is 7.33. The van der Waals surface area contributed by atoms with Gasteiger partial charge in [-0.3, -0.25) is 9.59 Å². The third-order valence-corrected chi connectivity index (χ3v) is 2.29. The maximum Gasteiger partial charge on any atom is 0.292 e. The zero-order chi connectivity index (χ0) is 13.8. The highest BCUT2D eigenvalue weighted by molar-refractivity contribution is 6.41. The lowest BCUT2D eigenvalue weighted by Crippen LogP contribution is -2.43. The van der Waals surface area contributed by atoms with Crippen molar-refractivity contribution in [3.8, 4) is 0 Å². The number of ketones is 1. The molecule has 0 aliphatic carbocycles. The van der Waals surface area contributed by atoms with E-state index in [2.05, 4.69) is 5.32 Å². The summed E-state index contributed by atoms with van der Waals surface area (Å²) in [4.78, 5) is 23.3. The molecule has 0 spiro atoms. The summed E-state index contributed by atoms with van der Waals surface area (Å²) in [7, 11) is 0. The Morgan fingerprint density at radius 2 is 1.67 bits per heavy atom. The lowest BCUT2D eigenvalue weighted by Gasteiger charge is -2.19. The molecule has 1 amide bonds. The summed E-state index contributed by atoms with van der Waals surface area (Å²) >= 11 is 0. The van der Waals surface area contributed by atoms with Gasteiger partial charge in [-0.05, 0) is 44.9 Å². The van der Waals surface area contributed by atoms with Gasteiger partial charge in [0.15, 0.2) is 0 Å². The quantitative estimate of drug-likeness (QED) is 0.657. The van der Waals surface area contributed by atoms with Crippen LogP contribution < -0.4 is 5.32 Å². The number of benzene rings is 1. The third kappa shape index (κ3) is 4.53. The van der Waals surface area contributed by atoms with E-state index in [1.54, 1.807) is 0 Å². The van der Waals surface area contributed by atoms with Gasteiger partial charge in [-0.2, -0.15) is 0 Å². The predicted octanol–water partition coefficient (Wildman–Crippen LogP) is 2.57. The molecule has 96 valence electrons. The first kappa shape index (κ1) is 14.2. The van der Waals surface area contributed by atoms with Crippen molar-refractivity contribution in [3.63, 3.8) is 0 Å². The zero-order valence-corrected chi connectivity index (χ0v) is 11.3. The maximum atomic E-state index is 11.7. The number of amides is 1. The van der Waals surface area contributed by atoms with Crippen molar-refractivity contribution in [1.29, 1.82) is 0 Å². The van der Waals surface area contributed by atoms with Crippen LogP contribution >= 0.6 is 0 Å². The molecular formula is C15H19NO2. The third-order valence-electron chi connectivity index (χ3n) is 2.29. The van der Waals surface area contributed by atoms with E-state index in [1.165, 1.54) is 6.08 Å². The Kier molecular flexibility index (Phi) is 4.43. The number of nitrogens with one attached hydrogen (secondary N) is 1. The molecule has 0 saturated carbocycles. The molecule has 0 fully saturated rings. The predicted molar refractivity (Wildman–Crippen MR) is 73.0 cm³/mol. The maximum absolute atomic E-state index is 11.7. The fourth-order valence-electron chi connectivity index (χ4n) is 1.45. The Bertz CT molecular complexity index is 467. The van der Waals surface area contributed by atoms with Gasteiger partial charge in [-0.25, -0.2) is 0 Å². The lowest BCUT2D eigenvalue weighted by atomic mass is 10.1. The Morgan fingerprint density at radius 3 is 2.17 bits per heavy atom. The first-order chi connectivity index (χ1) is 8.29. The van der Waals surface area contributed by atoms with Crippen molar-refractivity contribution >= 4 is 17.3 Å². The average Bonchev–Trinajstić information content (AvgIpc) is 2.27. The molecule has 1 rings (SSSR count). The van der Waals surface area contributed by atoms with E-state index in [0.29, 0.717) is 0 Å². The monoisotopic (exact) mass is 245 g/mol. The number of allylic oxidation sites excluding steroid dienone is 1. The molecule has 0 aliphatic heterocycles. The fourth-order valence-corrected chi connectivity index (χ4v) is 1.45. The highest BCUT2D eigenvalue weighted by Crippen LogP contribution is 2.12. The summed E-state index contributed by atoms with van der Waals surface area (Å²) in [5.74, 6) is -1.09. The Morgan fingerprint density at radius 1 is 1.11 bits per heavy atom. The highest BCUT2D eigenvalue weighted by atomic mass is 16.2. The molecule has 0 radical (unpaired) electrons. The molecular weight excluding hydrogens is 226 g/mol. The summed E-state index contributed by atoms with van der Waals surface area (Å²) in [5.41, 5.74) is 1.32. The molecule has 1 N–H and O–H groups in total. The minimum Gasteiger partial charge on any atom is -0.345 e. The molecule has 0 bridgehead atoms. The Hall–Kier alpha value is -1.90. The van der Waals surface area contributed by atoms with Gasteiger partial charge in [-0.1, -0.05) is 30.3 Å². The molecule has 0 saturated heterocycles. The van der Waals surface area contributed by atoms with Crippen molar-refractivity contribution in [1.82, 2.24) is 5.32 Å². The van der Waals surface area contributed by atoms with Crippen LogP contribution in [0.4, 0.5) is 0 Å². The second-order valence-electron chi connectivity index (χ2n) is 5.26. The summed E-state index contributed by atoms with van der Waals surface area (Å²) in [6, 6.07) is 9.51. The van der Waals surface area contributed by atoms with Crippen LogP contribution in [0.25, 0.3) is 5.57 Å². The molecule has 0 aromatic heterocycles. The van der Waals surface area contributed by atoms with Gasteiger partial charge in [0.2, 0.25) is 5.78 Å². The Labute approximate surface area is 108 Å². The van der Waals surface area contributed by atoms with Gasteiger partial charge in [0.1, 0.15) is 0 Å². The second-order valence-corrected chi connectivity index (χ2v) is 5.26. The zero-order valence-electron chi connectivity index (χ0n) is 11.3. The number of rotatable bonds is 3. The van der Waals surface area contributed by atoms with Crippen molar-refractivity contribution in [3.05, 3.63) is 42.0 Å². The number of hydrogen-bond acceptors (Lipinski definition) is 2. The molecule has 0 heterocycles. The first-order valence-corrected chi connectivity index (χ1v) is 5.90. The van der Waals surface area contributed by atoms with Gasteiger partial charge >= 0.3 is 0 Å². The van der Waals surface area contributed by atoms with E-state index >= 15 is 0 Å². The van der Waals surface area contributed by atoms with Gasteiger partial charge in [0, 0.05) is 5.54 Å². The van der Waals surface area contributed by atoms with Crippen LogP contribution in [0.3, 0.4) is 0 Å². The first-order valence-electron chi connectivity index (χ1n) is 5.90. The second kappa shape index (κ2) is 5.63. The molecule has 1 aromatic carbocycles. The molecule has 0 aliphatic rings. The lowest BCUT2D eigenvalue weighted by molar-refractivity contribution is -0.136. The van der Waals surface area contributed by atoms with Crippen LogP contribution in [0.2, 0.25) is 0 Å². The van der Waals surface area contributed by atoms with Gasteiger partial charge in [0.05, 0.1) is 0 Å². The molecule has 0 atom stereocenters. The molecule has 3 nitrogen and oxygen atoms in total. The van der Waals surface area contributed by atoms with Crippen molar-refractivity contribution < 1.29 is 9.59 Å². The summed E-state index contributed by atoms with van der Waals surface area (Å²) in [5, 5.41) is 2.64. The van der Waals surface area contributed by atoms with Crippen LogP contribution in [0.1, 0.15) is 33.3 Å². The van der Waals surface area contributed by atoms with E-state index in [0.717, 1.165) is 11.1 Å². The number of carbonyl (C=O) groups excluding carboxylic acids is 2. The fraction of sp³-hybridized carbons (Fsp3) is 0.333. The van der Waals surface area contributed by atoms with Gasteiger partial charge in [-0.15, -0.1) is 0 Å². The molecule has 1 aromatic rings. The van der Waals surface area contributed by atoms with Gasteiger partial charge in [0.25, 0.3) is 5.91 Å². The van der Waals surface area contributed by atoms with Gasteiger partial charge < -0.3 is 5.32 Å². The van der Waals surface area contributed by atoms with Crippen LogP contribution in [0, 0.1) is 0 Å². The molecule has 0 unspecified atom stereocenters. The smallest absolute Gasteiger partial charge is 0.292 e. The average molecular weight is 245 g/mol. The van der Waals surface area contributed by atoms with E-state index in [9.17, 15) is 9.59 Å².